The van der Waals surface area contributed by atoms with Crippen LogP contribution in [-0.2, 0) is 0 Å². The van der Waals surface area contributed by atoms with Crippen molar-refractivity contribution in [1.29, 1.82) is 0 Å². The normalized spacial score (nSPS) is 10.1. The maximum absolute atomic E-state index is 3.00. The van der Waals surface area contributed by atoms with Crippen LogP contribution in [0.2, 0.25) is 0 Å². The lowest BCUT2D eigenvalue weighted by Gasteiger charge is -2.21. The van der Waals surface area contributed by atoms with Gasteiger partial charge in [-0.15, -0.1) is 65.8 Å². The monoisotopic (exact) mass is 513 g/mol. The first-order chi connectivity index (χ1) is 17.5. The van der Waals surface area contributed by atoms with E-state index in [1.807, 2.05) is 41.5 Å². The minimum Gasteiger partial charge on any atom is -0.106 e. The third-order valence-electron chi connectivity index (χ3n) is 5.27. The number of rotatable bonds is 13. The smallest absolute Gasteiger partial charge is 0.0414 e. The summed E-state index contributed by atoms with van der Waals surface area (Å²) in [4.78, 5) is 0. The van der Waals surface area contributed by atoms with Gasteiger partial charge in [0.25, 0.3) is 0 Å². The molecular formula is C36H80. The Morgan fingerprint density at radius 3 is 1.17 bits per heavy atom. The lowest BCUT2D eigenvalue weighted by atomic mass is 9.85. The van der Waals surface area contributed by atoms with Crippen molar-refractivity contribution in [2.45, 2.75) is 147 Å². The van der Waals surface area contributed by atoms with Crippen LogP contribution in [0, 0.1) is 23.7 Å². The van der Waals surface area contributed by atoms with Crippen molar-refractivity contribution >= 4 is 0 Å². The quantitative estimate of drug-likeness (QED) is 0.170. The van der Waals surface area contributed by atoms with E-state index in [4.69, 9.17) is 0 Å². The molecule has 3 unspecified atom stereocenters. The third kappa shape index (κ3) is 76.7. The molecule has 0 aromatic rings. The summed E-state index contributed by atoms with van der Waals surface area (Å²) in [5, 5.41) is 0. The summed E-state index contributed by atoms with van der Waals surface area (Å²) in [6.45, 7) is 56.3. The Morgan fingerprint density at radius 2 is 0.861 bits per heavy atom. The van der Waals surface area contributed by atoms with Crippen LogP contribution in [-0.4, -0.2) is 0 Å². The second kappa shape index (κ2) is 84.1. The lowest BCUT2D eigenvalue weighted by Crippen LogP contribution is -2.08. The molecule has 0 saturated carbocycles. The number of unbranched alkanes of at least 4 members (excludes halogenated alkanes) is 3. The Labute approximate surface area is 236 Å². The van der Waals surface area contributed by atoms with E-state index in [-0.39, 0.29) is 0 Å². The zero-order valence-electron chi connectivity index (χ0n) is 28.5. The van der Waals surface area contributed by atoms with Crippen LogP contribution in [0.15, 0.2) is 65.8 Å². The van der Waals surface area contributed by atoms with Crippen molar-refractivity contribution in [3.63, 3.8) is 0 Å². The SMILES string of the molecule is C=C.C=C.C=C.C=C.C=C.CC.CC.CC.CCCCCCC(CC)CC(C)CCCC(C)C(C)C. The van der Waals surface area contributed by atoms with E-state index in [1.54, 1.807) is 0 Å². The highest BCUT2D eigenvalue weighted by Crippen LogP contribution is 2.26. The summed E-state index contributed by atoms with van der Waals surface area (Å²) in [5.41, 5.74) is 0. The summed E-state index contributed by atoms with van der Waals surface area (Å²) in [7, 11) is 0. The average Bonchev–Trinajstić information content (AvgIpc) is 2.98. The van der Waals surface area contributed by atoms with Crippen LogP contribution in [0.5, 0.6) is 0 Å². The molecule has 0 bridgehead atoms. The van der Waals surface area contributed by atoms with Crippen molar-refractivity contribution < 1.29 is 0 Å². The number of hydrogen-bond donors (Lipinski definition) is 0. The molecule has 0 saturated heterocycles. The molecule has 0 spiro atoms. The molecule has 0 radical (unpaired) electrons. The van der Waals surface area contributed by atoms with Gasteiger partial charge in [-0.2, -0.15) is 0 Å². The predicted octanol–water partition coefficient (Wildman–Crippen LogP) is 14.6. The highest BCUT2D eigenvalue weighted by atomic mass is 14.2. The molecule has 0 aromatic carbocycles. The van der Waals surface area contributed by atoms with Gasteiger partial charge in [0, 0.05) is 0 Å². The van der Waals surface area contributed by atoms with Gasteiger partial charge in [0.05, 0.1) is 0 Å². The van der Waals surface area contributed by atoms with Crippen molar-refractivity contribution in [2.75, 3.05) is 0 Å². The topological polar surface area (TPSA) is 0 Å². The zero-order valence-corrected chi connectivity index (χ0v) is 28.5. The van der Waals surface area contributed by atoms with E-state index in [0.717, 1.165) is 23.7 Å². The highest BCUT2D eigenvalue weighted by molar-refractivity contribution is 4.65. The van der Waals surface area contributed by atoms with Crippen molar-refractivity contribution in [3.8, 4) is 0 Å². The fraction of sp³-hybridized carbons (Fsp3) is 0.722. The Morgan fingerprint density at radius 1 is 0.472 bits per heavy atom. The van der Waals surface area contributed by atoms with Gasteiger partial charge in [0.1, 0.15) is 0 Å². The molecule has 0 fully saturated rings. The largest absolute Gasteiger partial charge is 0.106 e. The Balaban J connectivity index is -0.0000000549. The molecule has 0 amide bonds. The van der Waals surface area contributed by atoms with Gasteiger partial charge in [0.15, 0.2) is 0 Å². The summed E-state index contributed by atoms with van der Waals surface area (Å²) < 4.78 is 0. The van der Waals surface area contributed by atoms with Gasteiger partial charge in [-0.05, 0) is 30.1 Å². The van der Waals surface area contributed by atoms with E-state index in [0.29, 0.717) is 0 Å². The molecule has 0 nitrogen and oxygen atoms in total. The van der Waals surface area contributed by atoms with Crippen molar-refractivity contribution in [3.05, 3.63) is 65.8 Å². The molecule has 0 aliphatic heterocycles. The molecule has 0 aliphatic carbocycles. The van der Waals surface area contributed by atoms with Gasteiger partial charge in [-0.3, -0.25) is 0 Å². The van der Waals surface area contributed by atoms with Crippen molar-refractivity contribution in [1.82, 2.24) is 0 Å². The Kier molecular flexibility index (Phi) is 139. The molecule has 0 heterocycles. The van der Waals surface area contributed by atoms with Crippen molar-refractivity contribution in [2.24, 2.45) is 23.7 Å². The third-order valence-corrected chi connectivity index (χ3v) is 5.27. The van der Waals surface area contributed by atoms with E-state index >= 15 is 0 Å². The molecule has 0 rings (SSSR count). The first-order valence-electron chi connectivity index (χ1n) is 15.0. The molecule has 0 N–H and O–H groups in total. The molecule has 0 aliphatic rings. The zero-order chi connectivity index (χ0) is 31.4. The fourth-order valence-electron chi connectivity index (χ4n) is 3.16. The molecular weight excluding hydrogens is 432 g/mol. The summed E-state index contributed by atoms with van der Waals surface area (Å²) in [6.07, 6.45) is 14.3. The van der Waals surface area contributed by atoms with Gasteiger partial charge in [-0.1, -0.05) is 141 Å². The standard InChI is InChI=1S/C20H42.3C2H6.5C2H4/c1-7-9-10-11-15-20(8-2)16-18(5)13-12-14-19(6)17(3)4;8*1-2/h17-20H,7-16H2,1-6H3;3*1-2H3;5*1-2H2. The van der Waals surface area contributed by atoms with Crippen LogP contribution in [0.3, 0.4) is 0 Å². The van der Waals surface area contributed by atoms with E-state index in [2.05, 4.69) is 107 Å². The highest BCUT2D eigenvalue weighted by Gasteiger charge is 2.13. The molecule has 0 heteroatoms. The fourth-order valence-corrected chi connectivity index (χ4v) is 3.16. The minimum atomic E-state index is 0.854. The average molecular weight is 513 g/mol. The Hall–Kier alpha value is -1.30. The summed E-state index contributed by atoms with van der Waals surface area (Å²) in [6, 6.07) is 0. The van der Waals surface area contributed by atoms with Gasteiger partial charge < -0.3 is 0 Å². The maximum atomic E-state index is 3.00. The maximum Gasteiger partial charge on any atom is -0.0414 e. The van der Waals surface area contributed by atoms with Crippen LogP contribution in [0.25, 0.3) is 0 Å². The summed E-state index contributed by atoms with van der Waals surface area (Å²) in [5.74, 6) is 3.68. The Bertz CT molecular complexity index is 243. The van der Waals surface area contributed by atoms with Gasteiger partial charge in [-0.25, -0.2) is 0 Å². The van der Waals surface area contributed by atoms with Crippen LogP contribution < -0.4 is 0 Å². The minimum absolute atomic E-state index is 0.854. The second-order valence-electron chi connectivity index (χ2n) is 7.62. The first kappa shape index (κ1) is 59.7. The van der Waals surface area contributed by atoms with Gasteiger partial charge in [0.2, 0.25) is 0 Å². The van der Waals surface area contributed by atoms with E-state index < -0.39 is 0 Å². The first-order valence-corrected chi connectivity index (χ1v) is 15.0. The molecule has 224 valence electrons. The van der Waals surface area contributed by atoms with Gasteiger partial charge >= 0.3 is 0 Å². The summed E-state index contributed by atoms with van der Waals surface area (Å²) >= 11 is 0. The molecule has 3 atom stereocenters. The molecule has 36 heavy (non-hydrogen) atoms. The van der Waals surface area contributed by atoms with Crippen LogP contribution >= 0.6 is 0 Å². The van der Waals surface area contributed by atoms with Crippen LogP contribution in [0.1, 0.15) is 147 Å². The molecule has 0 aromatic heterocycles. The lowest BCUT2D eigenvalue weighted by molar-refractivity contribution is 0.313. The second-order valence-corrected chi connectivity index (χ2v) is 7.62. The van der Waals surface area contributed by atoms with E-state index in [1.165, 1.54) is 64.2 Å². The van der Waals surface area contributed by atoms with Crippen LogP contribution in [0.4, 0.5) is 0 Å². The number of hydrogen-bond acceptors (Lipinski definition) is 0. The van der Waals surface area contributed by atoms with E-state index in [9.17, 15) is 0 Å². The predicted molar refractivity (Wildman–Crippen MR) is 184 cm³/mol.